The summed E-state index contributed by atoms with van der Waals surface area (Å²) in [7, 11) is 4.21. The van der Waals surface area contributed by atoms with Gasteiger partial charge in [0.2, 0.25) is 0 Å². The number of benzene rings is 2. The summed E-state index contributed by atoms with van der Waals surface area (Å²) in [5.74, 6) is 3.34. The van der Waals surface area contributed by atoms with Gasteiger partial charge in [-0.3, -0.25) is 4.90 Å². The number of likely N-dealkylation sites (tertiary alicyclic amines) is 1. The predicted molar refractivity (Wildman–Crippen MR) is 134 cm³/mol. The van der Waals surface area contributed by atoms with Crippen molar-refractivity contribution >= 4 is 22.1 Å². The third kappa shape index (κ3) is 3.75. The summed E-state index contributed by atoms with van der Waals surface area (Å²) in [6.07, 6.45) is 5.88. The van der Waals surface area contributed by atoms with E-state index < -0.39 is 0 Å². The Labute approximate surface area is 195 Å². The average molecular weight is 443 g/mol. The number of hydrogen-bond acceptors (Lipinski definition) is 4. The van der Waals surface area contributed by atoms with Gasteiger partial charge in [-0.1, -0.05) is 25.5 Å². The molecular weight excluding hydrogens is 408 g/mol. The van der Waals surface area contributed by atoms with Crippen LogP contribution >= 0.6 is 0 Å². The number of aromatic amines is 2. The van der Waals surface area contributed by atoms with Gasteiger partial charge in [-0.15, -0.1) is 0 Å². The number of imidazole rings is 2. The lowest BCUT2D eigenvalue weighted by Gasteiger charge is -2.16. The molecule has 6 nitrogen and oxygen atoms in total. The van der Waals surface area contributed by atoms with Crippen LogP contribution in [0.5, 0.6) is 0 Å². The topological polar surface area (TPSA) is 72.6 Å². The van der Waals surface area contributed by atoms with E-state index in [0.29, 0.717) is 17.9 Å². The van der Waals surface area contributed by atoms with Crippen molar-refractivity contribution in [1.29, 1.82) is 0 Å². The fraction of sp³-hybridized carbons (Fsp3) is 0.481. The quantitative estimate of drug-likeness (QED) is 0.351. The molecule has 1 saturated carbocycles. The minimum absolute atomic E-state index is 0.287. The zero-order valence-corrected chi connectivity index (χ0v) is 19.9. The minimum atomic E-state index is 0.287. The molecule has 0 spiro atoms. The largest absolute Gasteiger partial charge is 0.341 e. The summed E-state index contributed by atoms with van der Waals surface area (Å²) in [6.45, 7) is 3.38. The Balaban J connectivity index is 1.22. The number of aromatic nitrogens is 4. The molecule has 2 aromatic heterocycles. The number of H-pyrrole nitrogens is 2. The van der Waals surface area contributed by atoms with Crippen molar-refractivity contribution in [2.24, 2.45) is 0 Å². The van der Waals surface area contributed by atoms with Crippen molar-refractivity contribution in [3.05, 3.63) is 59.2 Å². The van der Waals surface area contributed by atoms with Crippen molar-refractivity contribution in [3.8, 4) is 0 Å². The molecule has 0 radical (unpaired) electrons. The first-order chi connectivity index (χ1) is 16.1. The van der Waals surface area contributed by atoms with Crippen LogP contribution in [-0.2, 0) is 0 Å². The Bertz CT molecular complexity index is 1290. The van der Waals surface area contributed by atoms with Crippen LogP contribution in [0.1, 0.15) is 85.7 Å². The number of fused-ring (bicyclic) bond motifs is 2. The Hall–Kier alpha value is -2.70. The maximum Gasteiger partial charge on any atom is 0.124 e. The van der Waals surface area contributed by atoms with Gasteiger partial charge in [0.1, 0.15) is 11.6 Å². The van der Waals surface area contributed by atoms with Crippen molar-refractivity contribution < 1.29 is 0 Å². The zero-order valence-electron chi connectivity index (χ0n) is 19.9. The molecule has 172 valence electrons. The van der Waals surface area contributed by atoms with E-state index in [-0.39, 0.29) is 6.04 Å². The van der Waals surface area contributed by atoms with E-state index in [1.54, 1.807) is 0 Å². The van der Waals surface area contributed by atoms with Gasteiger partial charge in [0.15, 0.2) is 0 Å². The first kappa shape index (κ1) is 20.9. The average Bonchev–Trinajstić information content (AvgIpc) is 3.13. The summed E-state index contributed by atoms with van der Waals surface area (Å²) in [5, 5.41) is 3.39. The molecule has 1 aliphatic carbocycles. The third-order valence-electron chi connectivity index (χ3n) is 7.79. The molecular formula is C27H34N6. The van der Waals surface area contributed by atoms with E-state index in [2.05, 4.69) is 70.6 Å². The van der Waals surface area contributed by atoms with Gasteiger partial charge >= 0.3 is 0 Å². The van der Waals surface area contributed by atoms with Gasteiger partial charge in [0.25, 0.3) is 0 Å². The fourth-order valence-electron chi connectivity index (χ4n) is 5.77. The molecule has 2 aliphatic rings. The maximum atomic E-state index is 4.90. The van der Waals surface area contributed by atoms with E-state index in [1.807, 2.05) is 7.05 Å². The molecule has 1 saturated heterocycles. The van der Waals surface area contributed by atoms with Crippen LogP contribution in [0.15, 0.2) is 36.4 Å². The SMILES string of the molecule is CCCC(NC)c1nc2ccc(C3CC3c3ccc4nc(C5CCCN5C)[nH]c4c3)cc2[nH]1. The van der Waals surface area contributed by atoms with Gasteiger partial charge in [-0.25, -0.2) is 9.97 Å². The molecule has 6 rings (SSSR count). The first-order valence-electron chi connectivity index (χ1n) is 12.5. The number of hydrogen-bond donors (Lipinski definition) is 3. The molecule has 1 aliphatic heterocycles. The summed E-state index contributed by atoms with van der Waals surface area (Å²) in [5.41, 5.74) is 7.31. The summed E-state index contributed by atoms with van der Waals surface area (Å²) in [4.78, 5) is 19.4. The second-order valence-corrected chi connectivity index (χ2v) is 10.0. The minimum Gasteiger partial charge on any atom is -0.341 e. The molecule has 33 heavy (non-hydrogen) atoms. The standard InChI is InChI=1S/C27H34N6/c1-4-6-22(28-2)26-29-20-10-8-16(13-23(20)31-26)18-15-19(18)17-9-11-21-24(14-17)32-27(30-21)25-7-5-12-33(25)3/h8-11,13-14,18-19,22,25,28H,4-7,12,15H2,1-3H3,(H,29,31)(H,30,32). The zero-order chi connectivity index (χ0) is 22.5. The highest BCUT2D eigenvalue weighted by molar-refractivity contribution is 5.78. The van der Waals surface area contributed by atoms with Gasteiger partial charge in [-0.2, -0.15) is 0 Å². The monoisotopic (exact) mass is 442 g/mol. The van der Waals surface area contributed by atoms with E-state index >= 15 is 0 Å². The lowest BCUT2D eigenvalue weighted by atomic mass is 10.0. The molecule has 2 aromatic carbocycles. The number of rotatable bonds is 7. The van der Waals surface area contributed by atoms with E-state index in [4.69, 9.17) is 9.97 Å². The first-order valence-corrected chi connectivity index (χ1v) is 12.5. The van der Waals surface area contributed by atoms with Crippen molar-refractivity contribution in [1.82, 2.24) is 30.2 Å². The third-order valence-corrected chi connectivity index (χ3v) is 7.79. The molecule has 0 bridgehead atoms. The number of nitrogens with one attached hydrogen (secondary N) is 3. The predicted octanol–water partition coefficient (Wildman–Crippen LogP) is 5.54. The Kier molecular flexibility index (Phi) is 5.23. The molecule has 6 heteroatoms. The summed E-state index contributed by atoms with van der Waals surface area (Å²) in [6, 6.07) is 14.3. The lowest BCUT2D eigenvalue weighted by Crippen LogP contribution is -2.18. The van der Waals surface area contributed by atoms with E-state index in [1.165, 1.54) is 35.9 Å². The van der Waals surface area contributed by atoms with Crippen molar-refractivity contribution in [3.63, 3.8) is 0 Å². The highest BCUT2D eigenvalue weighted by atomic mass is 15.2. The van der Waals surface area contributed by atoms with Gasteiger partial charge in [0, 0.05) is 0 Å². The smallest absolute Gasteiger partial charge is 0.124 e. The molecule has 4 unspecified atom stereocenters. The van der Waals surface area contributed by atoms with Crippen LogP contribution in [0, 0.1) is 0 Å². The van der Waals surface area contributed by atoms with Gasteiger partial charge in [-0.05, 0) is 93.6 Å². The maximum absolute atomic E-state index is 4.90. The van der Waals surface area contributed by atoms with Crippen molar-refractivity contribution in [2.75, 3.05) is 20.6 Å². The lowest BCUT2D eigenvalue weighted by molar-refractivity contribution is 0.307. The van der Waals surface area contributed by atoms with Crippen LogP contribution < -0.4 is 5.32 Å². The van der Waals surface area contributed by atoms with Crippen LogP contribution in [0.25, 0.3) is 22.1 Å². The highest BCUT2D eigenvalue weighted by Crippen LogP contribution is 2.55. The fourth-order valence-corrected chi connectivity index (χ4v) is 5.77. The van der Waals surface area contributed by atoms with E-state index in [0.717, 1.165) is 47.6 Å². The number of nitrogens with zero attached hydrogens (tertiary/aromatic N) is 3. The van der Waals surface area contributed by atoms with Crippen LogP contribution in [0.3, 0.4) is 0 Å². The highest BCUT2D eigenvalue weighted by Gasteiger charge is 2.40. The van der Waals surface area contributed by atoms with Crippen LogP contribution in [-0.4, -0.2) is 45.5 Å². The van der Waals surface area contributed by atoms with Crippen LogP contribution in [0.2, 0.25) is 0 Å². The van der Waals surface area contributed by atoms with Gasteiger partial charge < -0.3 is 15.3 Å². The molecule has 4 atom stereocenters. The summed E-state index contributed by atoms with van der Waals surface area (Å²) >= 11 is 0. The normalized spacial score (nSPS) is 24.2. The molecule has 3 N–H and O–H groups in total. The van der Waals surface area contributed by atoms with Crippen molar-refractivity contribution in [2.45, 2.75) is 62.9 Å². The summed E-state index contributed by atoms with van der Waals surface area (Å²) < 4.78 is 0. The Morgan fingerprint density at radius 1 is 1.03 bits per heavy atom. The van der Waals surface area contributed by atoms with E-state index in [9.17, 15) is 0 Å². The second kappa shape index (κ2) is 8.26. The Morgan fingerprint density at radius 3 is 2.36 bits per heavy atom. The molecule has 3 heterocycles. The molecule has 0 amide bonds. The second-order valence-electron chi connectivity index (χ2n) is 10.0. The molecule has 4 aromatic rings. The molecule has 2 fully saturated rings. The Morgan fingerprint density at radius 2 is 1.73 bits per heavy atom. The van der Waals surface area contributed by atoms with Crippen LogP contribution in [0.4, 0.5) is 0 Å². The van der Waals surface area contributed by atoms with Gasteiger partial charge in [0.05, 0.1) is 34.2 Å².